The van der Waals surface area contributed by atoms with E-state index in [-0.39, 0.29) is 11.9 Å². The topological polar surface area (TPSA) is 77.5 Å². The molecule has 5 heteroatoms. The van der Waals surface area contributed by atoms with E-state index in [9.17, 15) is 4.79 Å². The molecule has 2 aromatic rings. The lowest BCUT2D eigenvalue weighted by Crippen LogP contribution is -2.34. The fourth-order valence-electron chi connectivity index (χ4n) is 2.07. The van der Waals surface area contributed by atoms with Gasteiger partial charge >= 0.3 is 0 Å². The van der Waals surface area contributed by atoms with Crippen LogP contribution in [0.3, 0.4) is 0 Å². The quantitative estimate of drug-likeness (QED) is 0.801. The molecule has 1 unspecified atom stereocenters. The van der Waals surface area contributed by atoms with E-state index in [1.165, 1.54) is 0 Å². The van der Waals surface area contributed by atoms with Crippen LogP contribution in [-0.2, 0) is 6.42 Å². The van der Waals surface area contributed by atoms with Crippen LogP contribution < -0.4 is 15.8 Å². The Balaban J connectivity index is 1.98. The van der Waals surface area contributed by atoms with Crippen LogP contribution in [0.25, 0.3) is 0 Å². The van der Waals surface area contributed by atoms with Gasteiger partial charge in [-0.25, -0.2) is 0 Å². The van der Waals surface area contributed by atoms with E-state index in [2.05, 4.69) is 5.32 Å². The summed E-state index contributed by atoms with van der Waals surface area (Å²) in [7, 11) is 0. The maximum Gasteiger partial charge on any atom is 0.251 e. The van der Waals surface area contributed by atoms with Gasteiger partial charge in [0.05, 0.1) is 18.6 Å². The number of hydrogen-bond acceptors (Lipinski definition) is 4. The normalized spacial score (nSPS) is 11.9. The molecule has 0 radical (unpaired) electrons. The van der Waals surface area contributed by atoms with Gasteiger partial charge in [0.15, 0.2) is 0 Å². The van der Waals surface area contributed by atoms with Crippen molar-refractivity contribution in [1.29, 1.82) is 0 Å². The minimum Gasteiger partial charge on any atom is -0.492 e. The van der Waals surface area contributed by atoms with E-state index in [0.29, 0.717) is 30.0 Å². The average molecular weight is 288 g/mol. The van der Waals surface area contributed by atoms with Crippen molar-refractivity contribution in [3.63, 3.8) is 0 Å². The molecule has 1 atom stereocenters. The Kier molecular flexibility index (Phi) is 4.87. The van der Waals surface area contributed by atoms with Crippen molar-refractivity contribution in [3.05, 3.63) is 47.9 Å². The van der Waals surface area contributed by atoms with E-state index in [4.69, 9.17) is 14.9 Å². The summed E-state index contributed by atoms with van der Waals surface area (Å²) in [4.78, 5) is 12.2. The highest BCUT2D eigenvalue weighted by molar-refractivity contribution is 5.95. The third-order valence-corrected chi connectivity index (χ3v) is 3.04. The second-order valence-corrected chi connectivity index (χ2v) is 4.84. The molecule has 0 saturated heterocycles. The van der Waals surface area contributed by atoms with Crippen LogP contribution in [-0.4, -0.2) is 18.6 Å². The van der Waals surface area contributed by atoms with Crippen LogP contribution in [0.1, 0.15) is 30.0 Å². The van der Waals surface area contributed by atoms with Gasteiger partial charge in [-0.15, -0.1) is 0 Å². The molecular weight excluding hydrogens is 268 g/mol. The number of carbonyl (C=O) groups is 1. The minimum absolute atomic E-state index is 0.0311. The zero-order valence-corrected chi connectivity index (χ0v) is 12.3. The van der Waals surface area contributed by atoms with Crippen molar-refractivity contribution in [2.45, 2.75) is 26.3 Å². The number of furan rings is 1. The maximum absolute atomic E-state index is 12.2. The van der Waals surface area contributed by atoms with E-state index < -0.39 is 0 Å². The second kappa shape index (κ2) is 6.83. The van der Waals surface area contributed by atoms with Crippen LogP contribution in [0.2, 0.25) is 0 Å². The number of nitrogens with one attached hydrogen (secondary N) is 1. The highest BCUT2D eigenvalue weighted by Gasteiger charge is 2.13. The molecule has 21 heavy (non-hydrogen) atoms. The van der Waals surface area contributed by atoms with Gasteiger partial charge in [0.2, 0.25) is 0 Å². The number of carbonyl (C=O) groups excluding carboxylic acids is 1. The molecule has 2 rings (SSSR count). The lowest BCUT2D eigenvalue weighted by molar-refractivity contribution is 0.0939. The molecule has 112 valence electrons. The standard InChI is InChI=1S/C16H20N2O3/c1-3-20-15-7-6-12(10-14(15)17)16(19)18-11(2)9-13-5-4-8-21-13/h4-8,10-11H,3,9,17H2,1-2H3,(H,18,19). The Hall–Kier alpha value is -2.43. The molecule has 1 aromatic heterocycles. The summed E-state index contributed by atoms with van der Waals surface area (Å²) in [6.45, 7) is 4.35. The second-order valence-electron chi connectivity index (χ2n) is 4.84. The maximum atomic E-state index is 12.2. The molecule has 0 fully saturated rings. The van der Waals surface area contributed by atoms with Gasteiger partial charge in [0.1, 0.15) is 11.5 Å². The summed E-state index contributed by atoms with van der Waals surface area (Å²) in [5.41, 5.74) is 6.84. The van der Waals surface area contributed by atoms with Crippen molar-refractivity contribution in [3.8, 4) is 5.75 Å². The molecule has 1 heterocycles. The minimum atomic E-state index is -0.163. The Morgan fingerprint density at radius 1 is 1.43 bits per heavy atom. The van der Waals surface area contributed by atoms with Crippen LogP contribution in [0.5, 0.6) is 5.75 Å². The number of nitrogen functional groups attached to an aromatic ring is 1. The van der Waals surface area contributed by atoms with E-state index in [0.717, 1.165) is 5.76 Å². The third kappa shape index (κ3) is 4.02. The van der Waals surface area contributed by atoms with Crippen molar-refractivity contribution >= 4 is 11.6 Å². The van der Waals surface area contributed by atoms with Crippen LogP contribution >= 0.6 is 0 Å². The van der Waals surface area contributed by atoms with E-state index in [1.54, 1.807) is 24.5 Å². The summed E-state index contributed by atoms with van der Waals surface area (Å²) in [6.07, 6.45) is 2.27. The summed E-state index contributed by atoms with van der Waals surface area (Å²) in [6, 6.07) is 8.73. The van der Waals surface area contributed by atoms with Gasteiger partial charge in [-0.2, -0.15) is 0 Å². The number of hydrogen-bond donors (Lipinski definition) is 2. The van der Waals surface area contributed by atoms with Gasteiger partial charge in [-0.05, 0) is 44.2 Å². The molecule has 0 aliphatic carbocycles. The first kappa shape index (κ1) is 15.0. The Labute approximate surface area is 124 Å². The van der Waals surface area contributed by atoms with Crippen LogP contribution in [0, 0.1) is 0 Å². The first-order valence-electron chi connectivity index (χ1n) is 6.95. The number of anilines is 1. The zero-order valence-electron chi connectivity index (χ0n) is 12.3. The summed E-state index contributed by atoms with van der Waals surface area (Å²) < 4.78 is 10.6. The van der Waals surface area contributed by atoms with Crippen molar-refractivity contribution in [1.82, 2.24) is 5.32 Å². The van der Waals surface area contributed by atoms with Gasteiger partial charge in [0.25, 0.3) is 5.91 Å². The van der Waals surface area contributed by atoms with Crippen LogP contribution in [0.15, 0.2) is 41.0 Å². The molecule has 1 aromatic carbocycles. The fourth-order valence-corrected chi connectivity index (χ4v) is 2.07. The largest absolute Gasteiger partial charge is 0.492 e. The SMILES string of the molecule is CCOc1ccc(C(=O)NC(C)Cc2ccco2)cc1N. The van der Waals surface area contributed by atoms with E-state index >= 15 is 0 Å². The summed E-state index contributed by atoms with van der Waals surface area (Å²) in [5.74, 6) is 1.27. The van der Waals surface area contributed by atoms with Crippen molar-refractivity contribution in [2.24, 2.45) is 0 Å². The lowest BCUT2D eigenvalue weighted by Gasteiger charge is -2.13. The van der Waals surface area contributed by atoms with Gasteiger partial charge < -0.3 is 20.2 Å². The first-order chi connectivity index (χ1) is 10.1. The number of rotatable bonds is 6. The predicted octanol–water partition coefficient (Wildman–Crippen LogP) is 2.62. The number of nitrogens with two attached hydrogens (primary N) is 1. The first-order valence-corrected chi connectivity index (χ1v) is 6.95. The average Bonchev–Trinajstić information content (AvgIpc) is 2.93. The number of benzene rings is 1. The summed E-state index contributed by atoms with van der Waals surface area (Å²) in [5, 5.41) is 2.92. The highest BCUT2D eigenvalue weighted by Crippen LogP contribution is 2.22. The third-order valence-electron chi connectivity index (χ3n) is 3.04. The molecule has 0 spiro atoms. The molecule has 0 bridgehead atoms. The van der Waals surface area contributed by atoms with Crippen molar-refractivity contribution in [2.75, 3.05) is 12.3 Å². The van der Waals surface area contributed by atoms with Gasteiger partial charge in [0, 0.05) is 18.0 Å². The Bertz CT molecular complexity index is 594. The Morgan fingerprint density at radius 2 is 2.24 bits per heavy atom. The van der Waals surface area contributed by atoms with E-state index in [1.807, 2.05) is 26.0 Å². The van der Waals surface area contributed by atoms with Crippen molar-refractivity contribution < 1.29 is 13.9 Å². The zero-order chi connectivity index (χ0) is 15.2. The molecule has 1 amide bonds. The number of amides is 1. The van der Waals surface area contributed by atoms with Crippen LogP contribution in [0.4, 0.5) is 5.69 Å². The molecule has 0 aliphatic rings. The summed E-state index contributed by atoms with van der Waals surface area (Å²) >= 11 is 0. The highest BCUT2D eigenvalue weighted by atomic mass is 16.5. The molecule has 5 nitrogen and oxygen atoms in total. The molecule has 0 aliphatic heterocycles. The number of ether oxygens (including phenoxy) is 1. The smallest absolute Gasteiger partial charge is 0.251 e. The fraction of sp³-hybridized carbons (Fsp3) is 0.312. The predicted molar refractivity (Wildman–Crippen MR) is 81.4 cm³/mol. The monoisotopic (exact) mass is 288 g/mol. The molecule has 0 saturated carbocycles. The lowest BCUT2D eigenvalue weighted by atomic mass is 10.1. The molecule has 3 N–H and O–H groups in total. The Morgan fingerprint density at radius 3 is 2.86 bits per heavy atom. The molecular formula is C16H20N2O3. The van der Waals surface area contributed by atoms with Gasteiger partial charge in [-0.1, -0.05) is 0 Å². The van der Waals surface area contributed by atoms with Gasteiger partial charge in [-0.3, -0.25) is 4.79 Å².